The quantitative estimate of drug-likeness (QED) is 0.524. The lowest BCUT2D eigenvalue weighted by Gasteiger charge is -2.02. The number of hydrogen-bond donors (Lipinski definition) is 0. The molecule has 0 spiro atoms. The minimum atomic E-state index is -0.375. The van der Waals surface area contributed by atoms with Crippen molar-refractivity contribution in [3.05, 3.63) is 52.1 Å². The molecule has 0 amide bonds. The van der Waals surface area contributed by atoms with Crippen LogP contribution in [0.4, 0.5) is 5.69 Å². The van der Waals surface area contributed by atoms with E-state index in [1.165, 1.54) is 6.07 Å². The monoisotopic (exact) mass is 176 g/mol. The number of rotatable bonds is 3. The summed E-state index contributed by atoms with van der Waals surface area (Å²) in [6, 6.07) is 4.92. The van der Waals surface area contributed by atoms with Crippen molar-refractivity contribution in [2.24, 2.45) is 0 Å². The van der Waals surface area contributed by atoms with Crippen LogP contribution in [0.2, 0.25) is 0 Å². The Hall–Kier alpha value is -1.64. The number of nitro groups is 1. The summed E-state index contributed by atoms with van der Waals surface area (Å²) >= 11 is 0. The van der Waals surface area contributed by atoms with E-state index in [4.69, 9.17) is 0 Å². The molecular weight excluding hydrogens is 166 g/mol. The summed E-state index contributed by atoms with van der Waals surface area (Å²) in [5, 5.41) is 10.6. The molecule has 0 aromatic heterocycles. The van der Waals surface area contributed by atoms with E-state index in [9.17, 15) is 10.1 Å². The summed E-state index contributed by atoms with van der Waals surface area (Å²) < 4.78 is 0. The predicted octanol–water partition coefficient (Wildman–Crippen LogP) is 2.49. The summed E-state index contributed by atoms with van der Waals surface area (Å²) in [7, 11) is 0. The van der Waals surface area contributed by atoms with Crippen LogP contribution in [0.25, 0.3) is 0 Å². The molecule has 0 N–H and O–H groups in total. The minimum absolute atomic E-state index is 0.149. The van der Waals surface area contributed by atoms with Crippen LogP contribution in [-0.4, -0.2) is 4.92 Å². The molecule has 67 valence electrons. The summed E-state index contributed by atoms with van der Waals surface area (Å²) in [6.45, 7) is 5.37. The molecule has 0 fully saturated rings. The lowest BCUT2D eigenvalue weighted by atomic mass is 10.0. The van der Waals surface area contributed by atoms with E-state index in [2.05, 4.69) is 12.7 Å². The average molecular weight is 176 g/mol. The summed E-state index contributed by atoms with van der Waals surface area (Å²) in [4.78, 5) is 10.2. The zero-order valence-corrected chi connectivity index (χ0v) is 7.41. The van der Waals surface area contributed by atoms with Crippen molar-refractivity contribution in [3.63, 3.8) is 0 Å². The third-order valence-corrected chi connectivity index (χ3v) is 1.89. The number of hydrogen-bond acceptors (Lipinski definition) is 2. The Labute approximate surface area is 76.9 Å². The second-order valence-electron chi connectivity index (χ2n) is 2.59. The second-order valence-corrected chi connectivity index (χ2v) is 2.59. The van der Waals surface area contributed by atoms with Gasteiger partial charge in [0, 0.05) is 11.6 Å². The van der Waals surface area contributed by atoms with Gasteiger partial charge < -0.3 is 0 Å². The SMILES string of the molecule is C=[C]c1cccc([N+](=O)[O-])c1CC. The van der Waals surface area contributed by atoms with Crippen molar-refractivity contribution in [1.29, 1.82) is 0 Å². The normalized spacial score (nSPS) is 9.62. The van der Waals surface area contributed by atoms with E-state index in [0.717, 1.165) is 5.56 Å². The first kappa shape index (κ1) is 9.45. The first-order chi connectivity index (χ1) is 6.20. The topological polar surface area (TPSA) is 43.1 Å². The van der Waals surface area contributed by atoms with Crippen LogP contribution in [-0.2, 0) is 6.42 Å². The van der Waals surface area contributed by atoms with E-state index in [1.54, 1.807) is 12.1 Å². The molecule has 0 aliphatic heterocycles. The van der Waals surface area contributed by atoms with E-state index in [1.807, 2.05) is 6.92 Å². The van der Waals surface area contributed by atoms with Crippen molar-refractivity contribution in [2.45, 2.75) is 13.3 Å². The molecule has 1 rings (SSSR count). The van der Waals surface area contributed by atoms with Gasteiger partial charge in [0.2, 0.25) is 0 Å². The van der Waals surface area contributed by atoms with Crippen molar-refractivity contribution >= 4 is 5.69 Å². The van der Waals surface area contributed by atoms with Crippen LogP contribution in [0.15, 0.2) is 24.8 Å². The third-order valence-electron chi connectivity index (χ3n) is 1.89. The van der Waals surface area contributed by atoms with Gasteiger partial charge in [-0.05, 0) is 18.1 Å². The van der Waals surface area contributed by atoms with Crippen LogP contribution in [0.5, 0.6) is 0 Å². The molecule has 3 nitrogen and oxygen atoms in total. The van der Waals surface area contributed by atoms with E-state index >= 15 is 0 Å². The Morgan fingerprint density at radius 2 is 2.31 bits per heavy atom. The van der Waals surface area contributed by atoms with Crippen LogP contribution < -0.4 is 0 Å². The summed E-state index contributed by atoms with van der Waals surface area (Å²) in [5.41, 5.74) is 1.57. The van der Waals surface area contributed by atoms with Gasteiger partial charge in [-0.3, -0.25) is 10.1 Å². The van der Waals surface area contributed by atoms with Gasteiger partial charge in [0.15, 0.2) is 0 Å². The molecule has 3 heteroatoms. The lowest BCUT2D eigenvalue weighted by Crippen LogP contribution is -1.96. The predicted molar refractivity (Wildman–Crippen MR) is 50.4 cm³/mol. The van der Waals surface area contributed by atoms with Gasteiger partial charge in [0.25, 0.3) is 5.69 Å². The van der Waals surface area contributed by atoms with Gasteiger partial charge in [0.05, 0.1) is 4.92 Å². The molecule has 0 aliphatic rings. The highest BCUT2D eigenvalue weighted by Gasteiger charge is 2.13. The molecule has 0 aliphatic carbocycles. The second kappa shape index (κ2) is 3.85. The maximum absolute atomic E-state index is 10.6. The van der Waals surface area contributed by atoms with Gasteiger partial charge in [-0.25, -0.2) is 0 Å². The van der Waals surface area contributed by atoms with Crippen LogP contribution in [0, 0.1) is 16.2 Å². The Morgan fingerprint density at radius 3 is 2.77 bits per heavy atom. The molecule has 1 radical (unpaired) electrons. The van der Waals surface area contributed by atoms with Gasteiger partial charge >= 0.3 is 0 Å². The summed E-state index contributed by atoms with van der Waals surface area (Å²) in [5.74, 6) is 0. The number of nitrogens with zero attached hydrogens (tertiary/aromatic N) is 1. The maximum atomic E-state index is 10.6. The molecule has 1 aromatic carbocycles. The fourth-order valence-corrected chi connectivity index (χ4v) is 1.28. The smallest absolute Gasteiger partial charge is 0.258 e. The average Bonchev–Trinajstić information content (AvgIpc) is 2.16. The first-order valence-electron chi connectivity index (χ1n) is 4.00. The minimum Gasteiger partial charge on any atom is -0.258 e. The molecule has 0 bridgehead atoms. The highest BCUT2D eigenvalue weighted by molar-refractivity contribution is 5.47. The van der Waals surface area contributed by atoms with Gasteiger partial charge in [-0.1, -0.05) is 25.6 Å². The zero-order chi connectivity index (χ0) is 9.84. The number of nitro benzene ring substituents is 1. The maximum Gasteiger partial charge on any atom is 0.273 e. The van der Waals surface area contributed by atoms with Crippen molar-refractivity contribution in [3.8, 4) is 0 Å². The molecular formula is C10H10NO2. The Morgan fingerprint density at radius 1 is 1.62 bits per heavy atom. The van der Waals surface area contributed by atoms with Gasteiger partial charge in [-0.2, -0.15) is 0 Å². The van der Waals surface area contributed by atoms with Crippen LogP contribution in [0.1, 0.15) is 18.1 Å². The van der Waals surface area contributed by atoms with E-state index in [0.29, 0.717) is 12.0 Å². The molecule has 13 heavy (non-hydrogen) atoms. The van der Waals surface area contributed by atoms with Crippen molar-refractivity contribution in [1.82, 2.24) is 0 Å². The first-order valence-corrected chi connectivity index (χ1v) is 4.00. The molecule has 0 atom stereocenters. The Balaban J connectivity index is 3.35. The van der Waals surface area contributed by atoms with Crippen LogP contribution in [0.3, 0.4) is 0 Å². The molecule has 0 heterocycles. The Kier molecular flexibility index (Phi) is 2.80. The number of benzene rings is 1. The molecule has 0 saturated heterocycles. The molecule has 0 saturated carbocycles. The van der Waals surface area contributed by atoms with Gasteiger partial charge in [-0.15, -0.1) is 0 Å². The van der Waals surface area contributed by atoms with E-state index in [-0.39, 0.29) is 10.6 Å². The van der Waals surface area contributed by atoms with Crippen LogP contribution >= 0.6 is 0 Å². The molecule has 1 aromatic rings. The highest BCUT2D eigenvalue weighted by atomic mass is 16.6. The lowest BCUT2D eigenvalue weighted by molar-refractivity contribution is -0.385. The summed E-state index contributed by atoms with van der Waals surface area (Å²) in [6.07, 6.45) is 3.31. The fourth-order valence-electron chi connectivity index (χ4n) is 1.28. The zero-order valence-electron chi connectivity index (χ0n) is 7.41. The standard InChI is InChI=1S/C10H10NO2/c1-3-8-6-5-7-10(11(12)13)9(8)4-2/h5-7H,1,4H2,2H3. The van der Waals surface area contributed by atoms with Crippen molar-refractivity contribution < 1.29 is 4.92 Å². The molecule has 0 unspecified atom stereocenters. The third kappa shape index (κ3) is 1.75. The fraction of sp³-hybridized carbons (Fsp3) is 0.200. The largest absolute Gasteiger partial charge is 0.273 e. The van der Waals surface area contributed by atoms with Gasteiger partial charge in [0.1, 0.15) is 0 Å². The van der Waals surface area contributed by atoms with Crippen molar-refractivity contribution in [2.75, 3.05) is 0 Å². The Bertz CT molecular complexity index is 345. The highest BCUT2D eigenvalue weighted by Crippen LogP contribution is 2.22. The van der Waals surface area contributed by atoms with E-state index < -0.39 is 0 Å².